The van der Waals surface area contributed by atoms with Crippen molar-refractivity contribution in [1.29, 1.82) is 0 Å². The maximum Gasteiger partial charge on any atom is 0.134 e. The summed E-state index contributed by atoms with van der Waals surface area (Å²) in [6.45, 7) is 2.03. The van der Waals surface area contributed by atoms with E-state index >= 15 is 0 Å². The van der Waals surface area contributed by atoms with Gasteiger partial charge in [0.05, 0.1) is 6.26 Å². The van der Waals surface area contributed by atoms with Crippen LogP contribution in [0.25, 0.3) is 21.7 Å². The summed E-state index contributed by atoms with van der Waals surface area (Å²) in [6.07, 6.45) is 1.76. The quantitative estimate of drug-likeness (QED) is 0.598. The lowest BCUT2D eigenvalue weighted by Crippen LogP contribution is -1.75. The first-order chi connectivity index (χ1) is 7.25. The van der Waals surface area contributed by atoms with E-state index in [1.165, 1.54) is 0 Å². The molecule has 0 spiro atoms. The standard InChI is InChI=1S/C13H10O2/c1-8-7-15-12-5-2-9-6-10(14)3-4-11(9)13(8)12/h2-7,14H,1H3. The van der Waals surface area contributed by atoms with Gasteiger partial charge in [-0.3, -0.25) is 0 Å². The Morgan fingerprint density at radius 2 is 2.00 bits per heavy atom. The number of phenolic OH excluding ortho intramolecular Hbond substituents is 1. The number of fused-ring (bicyclic) bond motifs is 3. The molecule has 0 aliphatic rings. The number of furan rings is 1. The van der Waals surface area contributed by atoms with Crippen LogP contribution < -0.4 is 0 Å². The summed E-state index contributed by atoms with van der Waals surface area (Å²) in [6, 6.07) is 9.29. The second-order valence-corrected chi connectivity index (χ2v) is 3.76. The van der Waals surface area contributed by atoms with Crippen molar-refractivity contribution in [2.45, 2.75) is 6.92 Å². The number of benzene rings is 2. The summed E-state index contributed by atoms with van der Waals surface area (Å²) in [4.78, 5) is 0. The molecule has 0 aliphatic carbocycles. The molecule has 0 saturated carbocycles. The zero-order valence-electron chi connectivity index (χ0n) is 8.32. The van der Waals surface area contributed by atoms with Crippen molar-refractivity contribution in [3.63, 3.8) is 0 Å². The molecule has 2 aromatic carbocycles. The Hall–Kier alpha value is -1.96. The first-order valence-corrected chi connectivity index (χ1v) is 4.85. The van der Waals surface area contributed by atoms with Gasteiger partial charge in [-0.2, -0.15) is 0 Å². The molecule has 15 heavy (non-hydrogen) atoms. The lowest BCUT2D eigenvalue weighted by atomic mass is 10.0. The molecule has 2 nitrogen and oxygen atoms in total. The Kier molecular flexibility index (Phi) is 1.54. The molecule has 74 valence electrons. The van der Waals surface area contributed by atoms with E-state index < -0.39 is 0 Å². The fourth-order valence-electron chi connectivity index (χ4n) is 2.01. The molecular formula is C13H10O2. The van der Waals surface area contributed by atoms with Crippen molar-refractivity contribution in [3.8, 4) is 5.75 Å². The van der Waals surface area contributed by atoms with Gasteiger partial charge in [0.1, 0.15) is 11.3 Å². The zero-order chi connectivity index (χ0) is 10.4. The van der Waals surface area contributed by atoms with Crippen molar-refractivity contribution in [2.75, 3.05) is 0 Å². The van der Waals surface area contributed by atoms with Crippen LogP contribution in [0.3, 0.4) is 0 Å². The average molecular weight is 198 g/mol. The number of hydrogen-bond acceptors (Lipinski definition) is 2. The predicted octanol–water partition coefficient (Wildman–Crippen LogP) is 3.60. The van der Waals surface area contributed by atoms with Gasteiger partial charge in [-0.1, -0.05) is 6.07 Å². The largest absolute Gasteiger partial charge is 0.508 e. The molecule has 0 aliphatic heterocycles. The molecule has 3 rings (SSSR count). The van der Waals surface area contributed by atoms with Crippen LogP contribution in [0.5, 0.6) is 5.75 Å². The Balaban J connectivity index is 2.58. The number of aromatic hydroxyl groups is 1. The second-order valence-electron chi connectivity index (χ2n) is 3.76. The van der Waals surface area contributed by atoms with Crippen molar-refractivity contribution in [1.82, 2.24) is 0 Å². The van der Waals surface area contributed by atoms with Gasteiger partial charge < -0.3 is 9.52 Å². The minimum Gasteiger partial charge on any atom is -0.508 e. The van der Waals surface area contributed by atoms with E-state index in [9.17, 15) is 5.11 Å². The minimum atomic E-state index is 0.294. The molecule has 1 aromatic heterocycles. The summed E-state index contributed by atoms with van der Waals surface area (Å²) in [7, 11) is 0. The van der Waals surface area contributed by atoms with Gasteiger partial charge in [0, 0.05) is 5.39 Å². The minimum absolute atomic E-state index is 0.294. The van der Waals surface area contributed by atoms with Crippen molar-refractivity contribution < 1.29 is 9.52 Å². The molecule has 0 fully saturated rings. The van der Waals surface area contributed by atoms with E-state index in [1.54, 1.807) is 18.4 Å². The van der Waals surface area contributed by atoms with E-state index in [2.05, 4.69) is 0 Å². The Morgan fingerprint density at radius 3 is 2.87 bits per heavy atom. The predicted molar refractivity (Wildman–Crippen MR) is 60.1 cm³/mol. The molecule has 0 atom stereocenters. The fraction of sp³-hybridized carbons (Fsp3) is 0.0769. The molecule has 1 heterocycles. The molecule has 0 bridgehead atoms. The Labute approximate surface area is 86.7 Å². The highest BCUT2D eigenvalue weighted by atomic mass is 16.3. The van der Waals surface area contributed by atoms with Crippen LogP contribution in [-0.2, 0) is 0 Å². The zero-order valence-corrected chi connectivity index (χ0v) is 8.32. The van der Waals surface area contributed by atoms with E-state index in [-0.39, 0.29) is 0 Å². The van der Waals surface area contributed by atoms with Crippen LogP contribution in [0.1, 0.15) is 5.56 Å². The maximum atomic E-state index is 9.40. The lowest BCUT2D eigenvalue weighted by Gasteiger charge is -2.00. The van der Waals surface area contributed by atoms with Crippen LogP contribution in [0.15, 0.2) is 41.0 Å². The van der Waals surface area contributed by atoms with E-state index in [0.717, 1.165) is 27.3 Å². The molecule has 3 aromatic rings. The molecule has 0 saturated heterocycles. The third-order valence-electron chi connectivity index (χ3n) is 2.72. The lowest BCUT2D eigenvalue weighted by molar-refractivity contribution is 0.476. The normalized spacial score (nSPS) is 11.3. The highest BCUT2D eigenvalue weighted by Crippen LogP contribution is 2.30. The van der Waals surface area contributed by atoms with Gasteiger partial charge >= 0.3 is 0 Å². The second kappa shape index (κ2) is 2.76. The smallest absolute Gasteiger partial charge is 0.134 e. The first-order valence-electron chi connectivity index (χ1n) is 4.85. The Morgan fingerprint density at radius 1 is 1.13 bits per heavy atom. The van der Waals surface area contributed by atoms with Crippen LogP contribution in [0.2, 0.25) is 0 Å². The summed E-state index contributed by atoms with van der Waals surface area (Å²) >= 11 is 0. The first kappa shape index (κ1) is 8.36. The molecule has 1 N–H and O–H groups in total. The number of aryl methyl sites for hydroxylation is 1. The van der Waals surface area contributed by atoms with Crippen molar-refractivity contribution in [3.05, 3.63) is 42.2 Å². The Bertz CT molecular complexity index is 650. The van der Waals surface area contributed by atoms with Crippen LogP contribution in [-0.4, -0.2) is 5.11 Å². The van der Waals surface area contributed by atoms with Gasteiger partial charge in [-0.25, -0.2) is 0 Å². The SMILES string of the molecule is Cc1coc2ccc3cc(O)ccc3c12. The van der Waals surface area contributed by atoms with Gasteiger partial charge in [0.2, 0.25) is 0 Å². The highest BCUT2D eigenvalue weighted by molar-refractivity contribution is 6.07. The topological polar surface area (TPSA) is 33.4 Å². The summed E-state index contributed by atoms with van der Waals surface area (Å²) in [5.41, 5.74) is 2.02. The number of phenols is 1. The van der Waals surface area contributed by atoms with Gasteiger partial charge in [-0.05, 0) is 47.5 Å². The molecule has 2 heteroatoms. The van der Waals surface area contributed by atoms with Gasteiger partial charge in [0.25, 0.3) is 0 Å². The van der Waals surface area contributed by atoms with Crippen LogP contribution in [0, 0.1) is 6.92 Å². The molecule has 0 amide bonds. The van der Waals surface area contributed by atoms with E-state index in [4.69, 9.17) is 4.42 Å². The highest BCUT2D eigenvalue weighted by Gasteiger charge is 2.06. The van der Waals surface area contributed by atoms with Gasteiger partial charge in [-0.15, -0.1) is 0 Å². The summed E-state index contributed by atoms with van der Waals surface area (Å²) in [5.74, 6) is 0.294. The molecule has 0 radical (unpaired) electrons. The third-order valence-corrected chi connectivity index (χ3v) is 2.72. The van der Waals surface area contributed by atoms with Gasteiger partial charge in [0.15, 0.2) is 0 Å². The van der Waals surface area contributed by atoms with Crippen LogP contribution >= 0.6 is 0 Å². The van der Waals surface area contributed by atoms with Crippen molar-refractivity contribution in [2.24, 2.45) is 0 Å². The molecular weight excluding hydrogens is 188 g/mol. The fourth-order valence-corrected chi connectivity index (χ4v) is 2.01. The maximum absolute atomic E-state index is 9.40. The third kappa shape index (κ3) is 1.11. The average Bonchev–Trinajstić information content (AvgIpc) is 2.60. The van der Waals surface area contributed by atoms with Crippen molar-refractivity contribution >= 4 is 21.7 Å². The monoisotopic (exact) mass is 198 g/mol. The van der Waals surface area contributed by atoms with E-state index in [1.807, 2.05) is 25.1 Å². The van der Waals surface area contributed by atoms with E-state index in [0.29, 0.717) is 5.75 Å². The summed E-state index contributed by atoms with van der Waals surface area (Å²) < 4.78 is 5.42. The molecule has 0 unspecified atom stereocenters. The summed E-state index contributed by atoms with van der Waals surface area (Å²) in [5, 5.41) is 12.7. The number of hydrogen-bond donors (Lipinski definition) is 1. The van der Waals surface area contributed by atoms with Crippen LogP contribution in [0.4, 0.5) is 0 Å². The number of rotatable bonds is 0.